The average molecular weight is 513 g/mol. The van der Waals surface area contributed by atoms with Crippen molar-refractivity contribution in [1.29, 1.82) is 0 Å². The minimum absolute atomic E-state index is 0. The van der Waals surface area contributed by atoms with Crippen molar-refractivity contribution >= 4 is 41.7 Å². The van der Waals surface area contributed by atoms with Gasteiger partial charge >= 0.3 is 0 Å². The highest BCUT2D eigenvalue weighted by molar-refractivity contribution is 14.0. The van der Waals surface area contributed by atoms with Crippen LogP contribution in [0.4, 0.5) is 0 Å². The fourth-order valence-corrected chi connectivity index (χ4v) is 4.40. The molecule has 1 aromatic heterocycles. The second kappa shape index (κ2) is 12.4. The van der Waals surface area contributed by atoms with E-state index in [4.69, 9.17) is 4.99 Å². The molecule has 2 heterocycles. The number of nitrogens with zero attached hydrogens (tertiary/aromatic N) is 4. The summed E-state index contributed by atoms with van der Waals surface area (Å²) in [5.41, 5.74) is 0. The highest BCUT2D eigenvalue weighted by Gasteiger charge is 2.25. The lowest BCUT2D eigenvalue weighted by atomic mass is 10.2. The number of thioether (sulfide) groups is 1. The van der Waals surface area contributed by atoms with Gasteiger partial charge in [0.15, 0.2) is 5.96 Å². The predicted octanol–water partition coefficient (Wildman–Crippen LogP) is 4.22. The summed E-state index contributed by atoms with van der Waals surface area (Å²) in [6.07, 6.45) is 5.09. The highest BCUT2D eigenvalue weighted by Crippen LogP contribution is 2.25. The number of rotatable bonds is 8. The minimum atomic E-state index is 0. The van der Waals surface area contributed by atoms with Crippen molar-refractivity contribution in [2.45, 2.75) is 31.7 Å². The lowest BCUT2D eigenvalue weighted by molar-refractivity contribution is 0.444. The van der Waals surface area contributed by atoms with Crippen LogP contribution in [-0.2, 0) is 6.54 Å². The van der Waals surface area contributed by atoms with Gasteiger partial charge in [-0.25, -0.2) is 0 Å². The molecule has 0 amide bonds. The standard InChI is InChI=1S/C21H31N5S.HI/c1-3-22-21(23-14-18(2)15-26-12-7-11-24-26)25-13-10-19(16-25)17-27-20-8-5-4-6-9-20;/h4-9,11-12,18-19H,3,10,13-17H2,1-2H3,(H,22,23);1H. The van der Waals surface area contributed by atoms with E-state index in [1.54, 1.807) is 0 Å². The van der Waals surface area contributed by atoms with Gasteiger partial charge in [0.05, 0.1) is 0 Å². The fourth-order valence-electron chi connectivity index (χ4n) is 3.35. The first-order chi connectivity index (χ1) is 13.2. The van der Waals surface area contributed by atoms with E-state index in [0.29, 0.717) is 5.92 Å². The SMILES string of the molecule is CCNC(=NCC(C)Cn1cccn1)N1CCC(CSc2ccccc2)C1.I. The number of nitrogens with one attached hydrogen (secondary N) is 1. The second-order valence-electron chi connectivity index (χ2n) is 7.25. The summed E-state index contributed by atoms with van der Waals surface area (Å²) in [6, 6.07) is 12.7. The quantitative estimate of drug-likeness (QED) is 0.249. The summed E-state index contributed by atoms with van der Waals surface area (Å²) < 4.78 is 1.99. The third-order valence-electron chi connectivity index (χ3n) is 4.76. The zero-order chi connectivity index (χ0) is 18.9. The first-order valence-electron chi connectivity index (χ1n) is 9.93. The van der Waals surface area contributed by atoms with E-state index in [1.165, 1.54) is 17.1 Å². The van der Waals surface area contributed by atoms with E-state index < -0.39 is 0 Å². The Balaban J connectivity index is 0.00000280. The van der Waals surface area contributed by atoms with Crippen LogP contribution in [0.2, 0.25) is 0 Å². The van der Waals surface area contributed by atoms with Crippen LogP contribution in [0.3, 0.4) is 0 Å². The molecular formula is C21H32IN5S. The number of hydrogen-bond donors (Lipinski definition) is 1. The smallest absolute Gasteiger partial charge is 0.193 e. The first-order valence-corrected chi connectivity index (χ1v) is 10.9. The topological polar surface area (TPSA) is 45.5 Å². The van der Waals surface area contributed by atoms with Gasteiger partial charge in [0.25, 0.3) is 0 Å². The molecule has 2 unspecified atom stereocenters. The first kappa shape index (κ1) is 23.1. The van der Waals surface area contributed by atoms with Gasteiger partial charge in [0.1, 0.15) is 0 Å². The van der Waals surface area contributed by atoms with Gasteiger partial charge in [-0.2, -0.15) is 5.10 Å². The summed E-state index contributed by atoms with van der Waals surface area (Å²) >= 11 is 1.97. The molecule has 0 bridgehead atoms. The molecule has 0 spiro atoms. The Labute approximate surface area is 190 Å². The Morgan fingerprint density at radius 3 is 2.86 bits per heavy atom. The van der Waals surface area contributed by atoms with Crippen molar-refractivity contribution in [3.05, 3.63) is 48.8 Å². The third kappa shape index (κ3) is 7.31. The molecule has 2 atom stereocenters. The van der Waals surface area contributed by atoms with Crippen LogP contribution in [0.5, 0.6) is 0 Å². The zero-order valence-corrected chi connectivity index (χ0v) is 20.0. The summed E-state index contributed by atoms with van der Waals surface area (Å²) in [6.45, 7) is 9.21. The molecule has 154 valence electrons. The summed E-state index contributed by atoms with van der Waals surface area (Å²) in [7, 11) is 0. The molecule has 3 rings (SSSR count). The van der Waals surface area contributed by atoms with Crippen molar-refractivity contribution < 1.29 is 0 Å². The van der Waals surface area contributed by atoms with Crippen LogP contribution < -0.4 is 5.32 Å². The lowest BCUT2D eigenvalue weighted by Gasteiger charge is -2.22. The number of aliphatic imine (C=N–C) groups is 1. The van der Waals surface area contributed by atoms with Crippen LogP contribution in [0.15, 0.2) is 58.7 Å². The molecule has 0 aliphatic carbocycles. The second-order valence-corrected chi connectivity index (χ2v) is 8.35. The van der Waals surface area contributed by atoms with E-state index in [-0.39, 0.29) is 24.0 Å². The number of guanidine groups is 1. The van der Waals surface area contributed by atoms with Crippen LogP contribution in [-0.4, -0.2) is 52.6 Å². The van der Waals surface area contributed by atoms with Crippen molar-refractivity contribution in [3.8, 4) is 0 Å². The Hall–Kier alpha value is -1.22. The maximum absolute atomic E-state index is 4.91. The van der Waals surface area contributed by atoms with Crippen molar-refractivity contribution in [3.63, 3.8) is 0 Å². The van der Waals surface area contributed by atoms with Gasteiger partial charge in [0.2, 0.25) is 0 Å². The molecule has 2 aromatic rings. The molecule has 0 radical (unpaired) electrons. The molecule has 7 heteroatoms. The van der Waals surface area contributed by atoms with Gasteiger partial charge in [-0.1, -0.05) is 25.1 Å². The zero-order valence-electron chi connectivity index (χ0n) is 16.8. The lowest BCUT2D eigenvalue weighted by Crippen LogP contribution is -2.40. The largest absolute Gasteiger partial charge is 0.357 e. The van der Waals surface area contributed by atoms with Crippen LogP contribution in [0, 0.1) is 11.8 Å². The van der Waals surface area contributed by atoms with Crippen molar-refractivity contribution in [1.82, 2.24) is 20.0 Å². The number of aromatic nitrogens is 2. The van der Waals surface area contributed by atoms with Crippen LogP contribution in [0.1, 0.15) is 20.3 Å². The Kier molecular flexibility index (Phi) is 10.2. The average Bonchev–Trinajstić information content (AvgIpc) is 3.36. The molecule has 1 aliphatic rings. The van der Waals surface area contributed by atoms with Gasteiger partial charge in [0, 0.05) is 55.8 Å². The summed E-state index contributed by atoms with van der Waals surface area (Å²) in [4.78, 5) is 8.71. The Bertz CT molecular complexity index is 692. The molecule has 1 aromatic carbocycles. The van der Waals surface area contributed by atoms with E-state index in [9.17, 15) is 0 Å². The molecule has 1 fully saturated rings. The Morgan fingerprint density at radius 2 is 2.14 bits per heavy atom. The number of hydrogen-bond acceptors (Lipinski definition) is 3. The number of benzene rings is 1. The van der Waals surface area contributed by atoms with E-state index in [1.807, 2.05) is 34.9 Å². The normalized spacial score (nSPS) is 18.0. The maximum atomic E-state index is 4.91. The van der Waals surface area contributed by atoms with Crippen molar-refractivity contribution in [2.24, 2.45) is 16.8 Å². The van der Waals surface area contributed by atoms with E-state index in [2.05, 4.69) is 59.5 Å². The van der Waals surface area contributed by atoms with Crippen LogP contribution in [0.25, 0.3) is 0 Å². The minimum Gasteiger partial charge on any atom is -0.357 e. The van der Waals surface area contributed by atoms with E-state index in [0.717, 1.165) is 44.6 Å². The molecule has 1 aliphatic heterocycles. The predicted molar refractivity (Wildman–Crippen MR) is 130 cm³/mol. The molecule has 1 N–H and O–H groups in total. The molecule has 5 nitrogen and oxygen atoms in total. The third-order valence-corrected chi connectivity index (χ3v) is 6.00. The molecule has 0 saturated carbocycles. The summed E-state index contributed by atoms with van der Waals surface area (Å²) in [5.74, 6) is 3.43. The van der Waals surface area contributed by atoms with Gasteiger partial charge < -0.3 is 10.2 Å². The highest BCUT2D eigenvalue weighted by atomic mass is 127. The van der Waals surface area contributed by atoms with E-state index >= 15 is 0 Å². The van der Waals surface area contributed by atoms with Gasteiger partial charge in [-0.05, 0) is 43.4 Å². The maximum Gasteiger partial charge on any atom is 0.193 e. The number of likely N-dealkylation sites (tertiary alicyclic amines) is 1. The van der Waals surface area contributed by atoms with Gasteiger partial charge in [-0.3, -0.25) is 9.67 Å². The monoisotopic (exact) mass is 513 g/mol. The molecule has 28 heavy (non-hydrogen) atoms. The summed E-state index contributed by atoms with van der Waals surface area (Å²) in [5, 5.41) is 7.77. The van der Waals surface area contributed by atoms with Gasteiger partial charge in [-0.15, -0.1) is 35.7 Å². The Morgan fingerprint density at radius 1 is 1.32 bits per heavy atom. The number of halogens is 1. The fraction of sp³-hybridized carbons (Fsp3) is 0.524. The molecular weight excluding hydrogens is 481 g/mol. The van der Waals surface area contributed by atoms with Crippen LogP contribution >= 0.6 is 35.7 Å². The van der Waals surface area contributed by atoms with Crippen molar-refractivity contribution in [2.75, 3.05) is 31.9 Å². The molecule has 1 saturated heterocycles.